The number of rotatable bonds is 9. The van der Waals surface area contributed by atoms with Crippen molar-refractivity contribution in [2.24, 2.45) is 0 Å². The van der Waals surface area contributed by atoms with Crippen LogP contribution in [0.25, 0.3) is 0 Å². The second-order valence-corrected chi connectivity index (χ2v) is 5.64. The number of amides is 2. The molecule has 0 bridgehead atoms. The molecule has 0 fully saturated rings. The highest BCUT2D eigenvalue weighted by Gasteiger charge is 2.06. The third kappa shape index (κ3) is 15.3. The molecule has 0 heterocycles. The van der Waals surface area contributed by atoms with Crippen LogP contribution in [0.3, 0.4) is 0 Å². The lowest BCUT2D eigenvalue weighted by Gasteiger charge is -2.05. The fourth-order valence-electron chi connectivity index (χ4n) is 1.07. The zero-order valence-electron chi connectivity index (χ0n) is 12.5. The van der Waals surface area contributed by atoms with Gasteiger partial charge in [-0.2, -0.15) is 0 Å². The zero-order chi connectivity index (χ0) is 15.8. The molecule has 118 valence electrons. The highest BCUT2D eigenvalue weighted by atomic mass is 32.0. The molecule has 2 atom stereocenters. The molecule has 20 heavy (non-hydrogen) atoms. The van der Waals surface area contributed by atoms with Gasteiger partial charge in [0.05, 0.1) is 13.2 Å². The summed E-state index contributed by atoms with van der Waals surface area (Å²) in [6.07, 6.45) is 1.53. The lowest BCUT2D eigenvalue weighted by atomic mass is 10.2. The quantitative estimate of drug-likeness (QED) is 0.499. The second-order valence-electron chi connectivity index (χ2n) is 3.51. The minimum absolute atomic E-state index is 0.0543. The summed E-state index contributed by atoms with van der Waals surface area (Å²) in [5, 5.41) is 4.87. The summed E-state index contributed by atoms with van der Waals surface area (Å²) in [7, 11) is 4.71. The Morgan fingerprint density at radius 3 is 2.40 bits per heavy atom. The third-order valence-corrected chi connectivity index (χ3v) is 3.42. The van der Waals surface area contributed by atoms with Crippen molar-refractivity contribution in [1.82, 2.24) is 10.6 Å². The molecule has 0 saturated carbocycles. The number of Topliss-reactive ketones (excluding diaryl/α,β-unsaturated/α-hetero) is 1. The van der Waals surface area contributed by atoms with Crippen molar-refractivity contribution >= 4 is 35.0 Å². The van der Waals surface area contributed by atoms with E-state index in [9.17, 15) is 14.4 Å². The fourth-order valence-corrected chi connectivity index (χ4v) is 1.87. The fraction of sp³-hybridized carbons (Fsp3) is 0.750. The van der Waals surface area contributed by atoms with Crippen molar-refractivity contribution in [2.45, 2.75) is 33.1 Å². The van der Waals surface area contributed by atoms with Gasteiger partial charge in [-0.3, -0.25) is 9.59 Å². The van der Waals surface area contributed by atoms with Crippen molar-refractivity contribution in [3.63, 3.8) is 0 Å². The summed E-state index contributed by atoms with van der Waals surface area (Å²) < 4.78 is 4.73. The van der Waals surface area contributed by atoms with Crippen molar-refractivity contribution < 1.29 is 19.1 Å². The summed E-state index contributed by atoms with van der Waals surface area (Å²) in [4.78, 5) is 33.3. The van der Waals surface area contributed by atoms with Crippen molar-refractivity contribution in [3.8, 4) is 0 Å². The average Bonchev–Trinajstić information content (AvgIpc) is 2.49. The van der Waals surface area contributed by atoms with Gasteiger partial charge in [-0.1, -0.05) is 13.8 Å². The van der Waals surface area contributed by atoms with Crippen LogP contribution in [-0.4, -0.2) is 44.1 Å². The molecule has 0 aliphatic heterocycles. The van der Waals surface area contributed by atoms with Crippen LogP contribution in [0.1, 0.15) is 33.1 Å². The third-order valence-electron chi connectivity index (χ3n) is 2.02. The van der Waals surface area contributed by atoms with Gasteiger partial charge in [0.15, 0.2) is 5.78 Å². The van der Waals surface area contributed by atoms with Crippen LogP contribution >= 0.6 is 17.2 Å². The van der Waals surface area contributed by atoms with Gasteiger partial charge in [-0.05, 0) is 12.6 Å². The van der Waals surface area contributed by atoms with Gasteiger partial charge in [-0.15, -0.1) is 17.2 Å². The smallest absolute Gasteiger partial charge is 0.406 e. The average molecular weight is 324 g/mol. The van der Waals surface area contributed by atoms with Gasteiger partial charge in [0.1, 0.15) is 0 Å². The normalized spacial score (nSPS) is 9.60. The molecule has 2 N–H and O–H groups in total. The van der Waals surface area contributed by atoms with Gasteiger partial charge >= 0.3 is 6.09 Å². The molecule has 0 aliphatic rings. The van der Waals surface area contributed by atoms with E-state index in [2.05, 4.69) is 19.6 Å². The van der Waals surface area contributed by atoms with E-state index in [0.717, 1.165) is 6.16 Å². The standard InChI is InChI=1S/C10H20N2O4P2.C2H6/c1-11-10(15)16-5-2-3-8(13)7-12-9(14)4-6-18-17;1-2/h18H,2-7,17H2,1H3,(H,11,15)(H,12,14);1-2H3. The number of ether oxygens (including phenoxy) is 1. The minimum atomic E-state index is -0.506. The molecular formula is C12H26N2O4P2. The largest absolute Gasteiger partial charge is 0.450 e. The highest BCUT2D eigenvalue weighted by molar-refractivity contribution is 8.02. The molecule has 0 spiro atoms. The predicted octanol–water partition coefficient (Wildman–Crippen LogP) is 1.69. The topological polar surface area (TPSA) is 84.5 Å². The molecule has 0 aromatic rings. The minimum Gasteiger partial charge on any atom is -0.450 e. The van der Waals surface area contributed by atoms with Crippen LogP contribution in [0.5, 0.6) is 0 Å². The molecule has 0 rings (SSSR count). The summed E-state index contributed by atoms with van der Waals surface area (Å²) in [5.41, 5.74) is 0. The van der Waals surface area contributed by atoms with E-state index in [1.807, 2.05) is 13.8 Å². The summed E-state index contributed by atoms with van der Waals surface area (Å²) in [6.45, 7) is 4.26. The second kappa shape index (κ2) is 16.3. The van der Waals surface area contributed by atoms with Crippen LogP contribution in [-0.2, 0) is 14.3 Å². The van der Waals surface area contributed by atoms with E-state index < -0.39 is 6.09 Å². The molecule has 0 radical (unpaired) electrons. The number of hydrogen-bond donors (Lipinski definition) is 2. The van der Waals surface area contributed by atoms with Gasteiger partial charge in [-0.25, -0.2) is 4.79 Å². The van der Waals surface area contributed by atoms with Gasteiger partial charge in [0.25, 0.3) is 0 Å². The highest BCUT2D eigenvalue weighted by Crippen LogP contribution is 2.19. The first kappa shape index (κ1) is 21.6. The number of hydrogen-bond acceptors (Lipinski definition) is 4. The molecule has 0 saturated heterocycles. The molecule has 0 aromatic carbocycles. The maximum atomic E-state index is 11.4. The number of nitrogens with one attached hydrogen (secondary N) is 2. The molecule has 0 aliphatic carbocycles. The molecule has 0 aromatic heterocycles. The first-order valence-corrected chi connectivity index (χ1v) is 9.68. The number of carbonyl (C=O) groups is 3. The first-order chi connectivity index (χ1) is 9.60. The molecule has 2 amide bonds. The zero-order valence-corrected chi connectivity index (χ0v) is 14.6. The Kier molecular flexibility index (Phi) is 17.6. The first-order valence-electron chi connectivity index (χ1n) is 6.66. The van der Waals surface area contributed by atoms with Gasteiger partial charge in [0.2, 0.25) is 5.91 Å². The Morgan fingerprint density at radius 2 is 1.85 bits per heavy atom. The van der Waals surface area contributed by atoms with E-state index in [0.29, 0.717) is 27.5 Å². The monoisotopic (exact) mass is 324 g/mol. The molecular weight excluding hydrogens is 298 g/mol. The van der Waals surface area contributed by atoms with Crippen LogP contribution in [0.15, 0.2) is 0 Å². The van der Waals surface area contributed by atoms with Crippen LogP contribution in [0, 0.1) is 0 Å². The van der Waals surface area contributed by atoms with Crippen LogP contribution in [0.4, 0.5) is 4.79 Å². The lowest BCUT2D eigenvalue weighted by molar-refractivity contribution is -0.125. The van der Waals surface area contributed by atoms with Crippen LogP contribution in [0.2, 0.25) is 0 Å². The van der Waals surface area contributed by atoms with Gasteiger partial charge < -0.3 is 15.4 Å². The van der Waals surface area contributed by atoms with Crippen LogP contribution < -0.4 is 10.6 Å². The maximum absolute atomic E-state index is 11.4. The lowest BCUT2D eigenvalue weighted by Crippen LogP contribution is -2.29. The Morgan fingerprint density at radius 1 is 1.20 bits per heavy atom. The van der Waals surface area contributed by atoms with Gasteiger partial charge in [0, 0.05) is 19.9 Å². The predicted molar refractivity (Wildman–Crippen MR) is 86.5 cm³/mol. The van der Waals surface area contributed by atoms with E-state index in [1.165, 1.54) is 7.05 Å². The Labute approximate surface area is 125 Å². The maximum Gasteiger partial charge on any atom is 0.406 e. The Hall–Kier alpha value is -0.730. The van der Waals surface area contributed by atoms with Crippen molar-refractivity contribution in [3.05, 3.63) is 0 Å². The van der Waals surface area contributed by atoms with E-state index in [-0.39, 0.29) is 24.8 Å². The molecule has 8 heteroatoms. The van der Waals surface area contributed by atoms with E-state index >= 15 is 0 Å². The number of ketones is 1. The Bertz CT molecular complexity index is 289. The summed E-state index contributed by atoms with van der Waals surface area (Å²) >= 11 is 0. The van der Waals surface area contributed by atoms with E-state index in [1.54, 1.807) is 0 Å². The van der Waals surface area contributed by atoms with Crippen molar-refractivity contribution in [2.75, 3.05) is 26.4 Å². The Balaban J connectivity index is 0. The molecule has 6 nitrogen and oxygen atoms in total. The number of carbonyl (C=O) groups excluding carboxylic acids is 3. The summed E-state index contributed by atoms with van der Waals surface area (Å²) in [5.74, 6) is -0.155. The molecule has 2 unspecified atom stereocenters. The number of alkyl carbamates (subject to hydrolysis) is 1. The SMILES string of the molecule is CC.CNC(=O)OCCCC(=O)CNC(=O)CCPP. The van der Waals surface area contributed by atoms with E-state index in [4.69, 9.17) is 4.74 Å². The van der Waals surface area contributed by atoms with Crippen molar-refractivity contribution in [1.29, 1.82) is 0 Å². The summed E-state index contributed by atoms with van der Waals surface area (Å²) in [6, 6.07) is 0.